The number of hydrogen-bond donors (Lipinski definition) is 0. The molecule has 0 bridgehead atoms. The zero-order valence-electron chi connectivity index (χ0n) is 8.98. The Kier molecular flexibility index (Phi) is 3.30. The molecule has 0 saturated heterocycles. The van der Waals surface area contributed by atoms with Gasteiger partial charge in [0.15, 0.2) is 0 Å². The maximum absolute atomic E-state index is 6.01. The first-order valence-electron chi connectivity index (χ1n) is 4.92. The van der Waals surface area contributed by atoms with Gasteiger partial charge in [-0.3, -0.25) is 4.57 Å². The third-order valence-electron chi connectivity index (χ3n) is 2.54. The predicted octanol–water partition coefficient (Wildman–Crippen LogP) is 3.61. The molecule has 0 amide bonds. The van der Waals surface area contributed by atoms with Gasteiger partial charge in [0.2, 0.25) is 5.28 Å². The van der Waals surface area contributed by atoms with Gasteiger partial charge in [0, 0.05) is 4.47 Å². The Bertz CT molecular complexity index is 490. The second-order valence-corrected chi connectivity index (χ2v) is 4.87. The number of rotatable bonds is 2. The highest BCUT2D eigenvalue weighted by atomic mass is 79.9. The molecule has 2 rings (SSSR count). The molecular weight excluding hydrogens is 289 g/mol. The van der Waals surface area contributed by atoms with Crippen LogP contribution >= 0.6 is 27.5 Å². The number of aromatic nitrogens is 3. The van der Waals surface area contributed by atoms with Crippen molar-refractivity contribution in [2.24, 2.45) is 0 Å². The van der Waals surface area contributed by atoms with Crippen molar-refractivity contribution in [1.82, 2.24) is 14.8 Å². The van der Waals surface area contributed by atoms with Gasteiger partial charge in [-0.15, -0.1) is 10.2 Å². The molecule has 0 aliphatic rings. The Morgan fingerprint density at radius 3 is 2.69 bits per heavy atom. The molecule has 5 heteroatoms. The molecular formula is C11H11BrClN3. The van der Waals surface area contributed by atoms with Gasteiger partial charge in [-0.25, -0.2) is 0 Å². The van der Waals surface area contributed by atoms with Crippen LogP contribution in [0.15, 0.2) is 28.7 Å². The number of hydrogen-bond acceptors (Lipinski definition) is 2. The monoisotopic (exact) mass is 299 g/mol. The van der Waals surface area contributed by atoms with E-state index < -0.39 is 0 Å². The summed E-state index contributed by atoms with van der Waals surface area (Å²) in [4.78, 5) is 0. The van der Waals surface area contributed by atoms with Crippen molar-refractivity contribution in [3.8, 4) is 0 Å². The van der Waals surface area contributed by atoms with E-state index in [1.54, 1.807) is 0 Å². The summed E-state index contributed by atoms with van der Waals surface area (Å²) in [6.45, 7) is 3.97. The lowest BCUT2D eigenvalue weighted by molar-refractivity contribution is 0.618. The minimum atomic E-state index is 0.125. The Hall–Kier alpha value is -0.870. The Morgan fingerprint density at radius 2 is 2.12 bits per heavy atom. The van der Waals surface area contributed by atoms with Crippen LogP contribution in [-0.2, 0) is 0 Å². The summed E-state index contributed by atoms with van der Waals surface area (Å²) in [6, 6.07) is 8.26. The lowest BCUT2D eigenvalue weighted by atomic mass is 10.1. The van der Waals surface area contributed by atoms with Crippen molar-refractivity contribution < 1.29 is 0 Å². The predicted molar refractivity (Wildman–Crippen MR) is 67.7 cm³/mol. The largest absolute Gasteiger partial charge is 0.295 e. The first-order valence-corrected chi connectivity index (χ1v) is 6.09. The van der Waals surface area contributed by atoms with Gasteiger partial charge in [-0.2, -0.15) is 0 Å². The molecule has 2 aromatic rings. The van der Waals surface area contributed by atoms with Crippen LogP contribution in [0.1, 0.15) is 24.4 Å². The zero-order chi connectivity index (χ0) is 11.7. The summed E-state index contributed by atoms with van der Waals surface area (Å²) in [5.74, 6) is 0.817. The van der Waals surface area contributed by atoms with Crippen LogP contribution in [0, 0.1) is 6.92 Å². The van der Waals surface area contributed by atoms with E-state index >= 15 is 0 Å². The molecule has 0 aliphatic carbocycles. The third kappa shape index (κ3) is 2.13. The highest BCUT2D eigenvalue weighted by Gasteiger charge is 2.14. The van der Waals surface area contributed by atoms with E-state index in [0.29, 0.717) is 5.28 Å². The van der Waals surface area contributed by atoms with E-state index in [-0.39, 0.29) is 6.04 Å². The molecule has 0 radical (unpaired) electrons. The van der Waals surface area contributed by atoms with Crippen LogP contribution in [0.3, 0.4) is 0 Å². The zero-order valence-corrected chi connectivity index (χ0v) is 11.3. The fraction of sp³-hybridized carbons (Fsp3) is 0.273. The summed E-state index contributed by atoms with van der Waals surface area (Å²) < 4.78 is 2.96. The third-order valence-corrected chi connectivity index (χ3v) is 3.29. The molecule has 16 heavy (non-hydrogen) atoms. The van der Waals surface area contributed by atoms with E-state index in [9.17, 15) is 0 Å². The van der Waals surface area contributed by atoms with Crippen LogP contribution in [0.4, 0.5) is 0 Å². The summed E-state index contributed by atoms with van der Waals surface area (Å²) in [5, 5.41) is 8.23. The average molecular weight is 301 g/mol. The number of benzene rings is 1. The molecule has 1 aromatic carbocycles. The first-order chi connectivity index (χ1) is 7.59. The molecule has 0 spiro atoms. The molecule has 0 N–H and O–H groups in total. The number of halogens is 2. The highest BCUT2D eigenvalue weighted by Crippen LogP contribution is 2.24. The van der Waals surface area contributed by atoms with Crippen molar-refractivity contribution in [2.45, 2.75) is 19.9 Å². The van der Waals surface area contributed by atoms with Crippen LogP contribution in [-0.4, -0.2) is 14.8 Å². The second kappa shape index (κ2) is 4.55. The van der Waals surface area contributed by atoms with Crippen molar-refractivity contribution in [3.63, 3.8) is 0 Å². The lowest BCUT2D eigenvalue weighted by Gasteiger charge is -2.15. The molecule has 1 atom stereocenters. The lowest BCUT2D eigenvalue weighted by Crippen LogP contribution is -2.08. The van der Waals surface area contributed by atoms with Crippen molar-refractivity contribution in [3.05, 3.63) is 45.4 Å². The minimum absolute atomic E-state index is 0.125. The average Bonchev–Trinajstić information content (AvgIpc) is 2.58. The van der Waals surface area contributed by atoms with E-state index in [4.69, 9.17) is 11.6 Å². The first kappa shape index (κ1) is 11.6. The van der Waals surface area contributed by atoms with Gasteiger partial charge >= 0.3 is 0 Å². The summed E-state index contributed by atoms with van der Waals surface area (Å²) in [6.07, 6.45) is 0. The summed E-state index contributed by atoms with van der Waals surface area (Å²) in [7, 11) is 0. The van der Waals surface area contributed by atoms with Gasteiger partial charge in [-0.05, 0) is 43.1 Å². The van der Waals surface area contributed by atoms with Gasteiger partial charge in [0.1, 0.15) is 5.82 Å². The normalized spacial score (nSPS) is 12.8. The standard InChI is InChI=1S/C11H11BrClN3/c1-7(9-4-3-5-10(12)6-9)16-8(2)14-15-11(16)13/h3-7H,1-2H3. The molecule has 0 fully saturated rings. The fourth-order valence-electron chi connectivity index (χ4n) is 1.70. The van der Waals surface area contributed by atoms with Crippen LogP contribution < -0.4 is 0 Å². The molecule has 0 aliphatic heterocycles. The van der Waals surface area contributed by atoms with Gasteiger partial charge in [-0.1, -0.05) is 28.1 Å². The maximum atomic E-state index is 6.01. The molecule has 0 saturated carbocycles. The van der Waals surface area contributed by atoms with Crippen LogP contribution in [0.5, 0.6) is 0 Å². The topological polar surface area (TPSA) is 30.7 Å². The summed E-state index contributed by atoms with van der Waals surface area (Å²) >= 11 is 9.46. The molecule has 84 valence electrons. The number of nitrogens with zero attached hydrogens (tertiary/aromatic N) is 3. The van der Waals surface area contributed by atoms with Crippen molar-refractivity contribution in [2.75, 3.05) is 0 Å². The molecule has 1 unspecified atom stereocenters. The Balaban J connectivity index is 2.43. The van der Waals surface area contributed by atoms with E-state index in [1.807, 2.05) is 23.6 Å². The quantitative estimate of drug-likeness (QED) is 0.848. The molecule has 1 heterocycles. The van der Waals surface area contributed by atoms with E-state index in [2.05, 4.69) is 45.2 Å². The van der Waals surface area contributed by atoms with Crippen molar-refractivity contribution in [1.29, 1.82) is 0 Å². The van der Waals surface area contributed by atoms with Crippen LogP contribution in [0.2, 0.25) is 5.28 Å². The van der Waals surface area contributed by atoms with Crippen LogP contribution in [0.25, 0.3) is 0 Å². The highest BCUT2D eigenvalue weighted by molar-refractivity contribution is 9.10. The van der Waals surface area contributed by atoms with Gasteiger partial charge in [0.25, 0.3) is 0 Å². The number of aryl methyl sites for hydroxylation is 1. The van der Waals surface area contributed by atoms with Gasteiger partial charge < -0.3 is 0 Å². The second-order valence-electron chi connectivity index (χ2n) is 3.62. The minimum Gasteiger partial charge on any atom is -0.295 e. The Morgan fingerprint density at radius 1 is 1.38 bits per heavy atom. The fourth-order valence-corrected chi connectivity index (χ4v) is 2.42. The Labute approximate surface area is 108 Å². The van der Waals surface area contributed by atoms with E-state index in [0.717, 1.165) is 10.3 Å². The summed E-state index contributed by atoms with van der Waals surface area (Å²) in [5.41, 5.74) is 1.17. The van der Waals surface area contributed by atoms with Crippen molar-refractivity contribution >= 4 is 27.5 Å². The SMILES string of the molecule is Cc1nnc(Cl)n1C(C)c1cccc(Br)c1. The smallest absolute Gasteiger partial charge is 0.225 e. The molecule has 1 aromatic heterocycles. The maximum Gasteiger partial charge on any atom is 0.225 e. The van der Waals surface area contributed by atoms with E-state index in [1.165, 1.54) is 5.56 Å². The molecule has 3 nitrogen and oxygen atoms in total. The van der Waals surface area contributed by atoms with Gasteiger partial charge in [0.05, 0.1) is 6.04 Å².